The number of alkyl halides is 1. The van der Waals surface area contributed by atoms with Gasteiger partial charge in [0.25, 0.3) is 5.56 Å². The SMILES string of the molecule is Cc1cn(C2(F)O[C@@H](CO)[C@H](O)[C@H]2O)c(=O)[nH]c1=O. The maximum absolute atomic E-state index is 14.6. The van der Waals surface area contributed by atoms with Crippen LogP contribution in [0.1, 0.15) is 5.56 Å². The number of aliphatic hydroxyl groups is 3. The van der Waals surface area contributed by atoms with Crippen molar-refractivity contribution in [3.63, 3.8) is 0 Å². The third-order valence-corrected chi connectivity index (χ3v) is 3.01. The normalized spacial score (nSPS) is 34.7. The van der Waals surface area contributed by atoms with Crippen molar-refractivity contribution in [2.45, 2.75) is 31.2 Å². The summed E-state index contributed by atoms with van der Waals surface area (Å²) in [6.45, 7) is 0.598. The molecule has 4 atom stereocenters. The maximum Gasteiger partial charge on any atom is 0.332 e. The molecule has 4 N–H and O–H groups in total. The Bertz CT molecular complexity index is 598. The molecular formula is C10H13FN2O6. The summed E-state index contributed by atoms with van der Waals surface area (Å²) in [6, 6.07) is 0. The van der Waals surface area contributed by atoms with E-state index >= 15 is 0 Å². The number of H-pyrrole nitrogens is 1. The van der Waals surface area contributed by atoms with E-state index in [1.165, 1.54) is 6.92 Å². The number of aromatic nitrogens is 2. The van der Waals surface area contributed by atoms with Gasteiger partial charge >= 0.3 is 11.7 Å². The number of nitrogens with one attached hydrogen (secondary N) is 1. The van der Waals surface area contributed by atoms with Gasteiger partial charge in [0.05, 0.1) is 6.61 Å². The number of hydrogen-bond donors (Lipinski definition) is 4. The molecule has 1 fully saturated rings. The van der Waals surface area contributed by atoms with Crippen LogP contribution >= 0.6 is 0 Å². The molecule has 0 aromatic carbocycles. The molecule has 0 amide bonds. The Morgan fingerprint density at radius 3 is 2.68 bits per heavy atom. The molecule has 1 unspecified atom stereocenters. The summed E-state index contributed by atoms with van der Waals surface area (Å²) in [7, 11) is 0. The van der Waals surface area contributed by atoms with Crippen LogP contribution in [0.5, 0.6) is 0 Å². The zero-order valence-corrected chi connectivity index (χ0v) is 9.91. The van der Waals surface area contributed by atoms with E-state index in [0.717, 1.165) is 6.20 Å². The fourth-order valence-electron chi connectivity index (χ4n) is 1.90. The zero-order chi connectivity index (χ0) is 14.4. The van der Waals surface area contributed by atoms with Gasteiger partial charge in [0.2, 0.25) is 0 Å². The lowest BCUT2D eigenvalue weighted by molar-refractivity contribution is -0.239. The lowest BCUT2D eigenvalue weighted by Crippen LogP contribution is -2.49. The number of aliphatic hydroxyl groups excluding tert-OH is 3. The lowest BCUT2D eigenvalue weighted by Gasteiger charge is -2.25. The molecule has 0 saturated carbocycles. The smallest absolute Gasteiger partial charge is 0.332 e. The summed E-state index contributed by atoms with van der Waals surface area (Å²) in [5, 5.41) is 28.0. The van der Waals surface area contributed by atoms with Crippen molar-refractivity contribution < 1.29 is 24.4 Å². The summed E-state index contributed by atoms with van der Waals surface area (Å²) in [4.78, 5) is 24.6. The highest BCUT2D eigenvalue weighted by atomic mass is 19.2. The number of aromatic amines is 1. The van der Waals surface area contributed by atoms with Crippen molar-refractivity contribution in [2.24, 2.45) is 0 Å². The molecule has 1 aromatic rings. The average Bonchev–Trinajstić information content (AvgIpc) is 2.59. The molecule has 1 aliphatic rings. The van der Waals surface area contributed by atoms with E-state index in [2.05, 4.69) is 0 Å². The van der Waals surface area contributed by atoms with Crippen LogP contribution in [0.25, 0.3) is 0 Å². The quantitative estimate of drug-likeness (QED) is 0.475. The summed E-state index contributed by atoms with van der Waals surface area (Å²) >= 11 is 0. The third-order valence-electron chi connectivity index (χ3n) is 3.01. The minimum atomic E-state index is -3.06. The van der Waals surface area contributed by atoms with E-state index in [-0.39, 0.29) is 5.56 Å². The highest BCUT2D eigenvalue weighted by Crippen LogP contribution is 2.35. The van der Waals surface area contributed by atoms with Crippen LogP contribution in [0.3, 0.4) is 0 Å². The summed E-state index contributed by atoms with van der Waals surface area (Å²) < 4.78 is 19.6. The molecule has 2 heterocycles. The second-order valence-electron chi connectivity index (χ2n) is 4.32. The first kappa shape index (κ1) is 13.9. The van der Waals surface area contributed by atoms with E-state index in [1.54, 1.807) is 0 Å². The first-order valence-electron chi connectivity index (χ1n) is 5.48. The average molecular weight is 276 g/mol. The molecule has 0 spiro atoms. The zero-order valence-electron chi connectivity index (χ0n) is 9.91. The summed E-state index contributed by atoms with van der Waals surface area (Å²) in [5.74, 6) is -3.06. The van der Waals surface area contributed by atoms with Crippen LogP contribution in [0.2, 0.25) is 0 Å². The topological polar surface area (TPSA) is 125 Å². The Hall–Kier alpha value is -1.55. The molecule has 9 heteroatoms. The molecule has 2 rings (SSSR count). The first-order valence-corrected chi connectivity index (χ1v) is 5.48. The largest absolute Gasteiger partial charge is 0.394 e. The Morgan fingerprint density at radius 2 is 2.16 bits per heavy atom. The van der Waals surface area contributed by atoms with Gasteiger partial charge in [-0.15, -0.1) is 0 Å². The Labute approximate surface area is 105 Å². The van der Waals surface area contributed by atoms with Gasteiger partial charge in [-0.05, 0) is 6.92 Å². The van der Waals surface area contributed by atoms with Crippen molar-refractivity contribution in [3.8, 4) is 0 Å². The number of rotatable bonds is 2. The maximum atomic E-state index is 14.6. The van der Waals surface area contributed by atoms with Gasteiger partial charge in [-0.2, -0.15) is 4.39 Å². The minimum absolute atomic E-state index is 0.0226. The number of aryl methyl sites for hydroxylation is 1. The second kappa shape index (κ2) is 4.53. The molecule has 1 saturated heterocycles. The van der Waals surface area contributed by atoms with Crippen molar-refractivity contribution in [2.75, 3.05) is 6.61 Å². The van der Waals surface area contributed by atoms with Crippen LogP contribution in [0.15, 0.2) is 15.8 Å². The summed E-state index contributed by atoms with van der Waals surface area (Å²) in [6.07, 6.45) is -4.28. The van der Waals surface area contributed by atoms with Gasteiger partial charge in [-0.3, -0.25) is 9.78 Å². The van der Waals surface area contributed by atoms with Crippen LogP contribution in [0, 0.1) is 6.92 Å². The van der Waals surface area contributed by atoms with Crippen LogP contribution in [-0.2, 0) is 10.7 Å². The number of nitrogens with zero attached hydrogens (tertiary/aromatic N) is 1. The number of halogens is 1. The van der Waals surface area contributed by atoms with E-state index < -0.39 is 42.1 Å². The fraction of sp³-hybridized carbons (Fsp3) is 0.600. The molecule has 8 nitrogen and oxygen atoms in total. The van der Waals surface area contributed by atoms with Crippen LogP contribution in [-0.4, -0.2) is 49.8 Å². The molecule has 1 aromatic heterocycles. The number of ether oxygens (including phenoxy) is 1. The van der Waals surface area contributed by atoms with Gasteiger partial charge < -0.3 is 20.1 Å². The minimum Gasteiger partial charge on any atom is -0.394 e. The lowest BCUT2D eigenvalue weighted by atomic mass is 10.1. The molecule has 0 bridgehead atoms. The Kier molecular flexibility index (Phi) is 3.31. The fourth-order valence-corrected chi connectivity index (χ4v) is 1.90. The molecule has 0 radical (unpaired) electrons. The van der Waals surface area contributed by atoms with Gasteiger partial charge in [-0.25, -0.2) is 9.36 Å². The molecule has 19 heavy (non-hydrogen) atoms. The van der Waals surface area contributed by atoms with Gasteiger partial charge in [0.1, 0.15) is 12.2 Å². The highest BCUT2D eigenvalue weighted by Gasteiger charge is 2.57. The standard InChI is InChI=1S/C10H13FN2O6/c1-4-2-13(9(18)12-8(4)17)10(11)7(16)6(15)5(3-14)19-10/h2,5-7,14-16H,3H2,1H3,(H,12,17,18)/t5-,6-,7+,10?/m0/s1. The van der Waals surface area contributed by atoms with Crippen LogP contribution in [0.4, 0.5) is 4.39 Å². The predicted octanol–water partition coefficient (Wildman–Crippen LogP) is -2.46. The van der Waals surface area contributed by atoms with Crippen molar-refractivity contribution in [1.29, 1.82) is 0 Å². The first-order chi connectivity index (χ1) is 8.81. The highest BCUT2D eigenvalue weighted by molar-refractivity contribution is 5.04. The van der Waals surface area contributed by atoms with Crippen molar-refractivity contribution >= 4 is 0 Å². The van der Waals surface area contributed by atoms with Crippen LogP contribution < -0.4 is 11.2 Å². The predicted molar refractivity (Wildman–Crippen MR) is 59.1 cm³/mol. The molecule has 106 valence electrons. The third kappa shape index (κ3) is 2.00. The number of hydrogen-bond acceptors (Lipinski definition) is 6. The second-order valence-corrected chi connectivity index (χ2v) is 4.32. The Morgan fingerprint density at radius 1 is 1.53 bits per heavy atom. The molecular weight excluding hydrogens is 263 g/mol. The van der Waals surface area contributed by atoms with Gasteiger partial charge in [0.15, 0.2) is 6.10 Å². The van der Waals surface area contributed by atoms with E-state index in [9.17, 15) is 24.2 Å². The van der Waals surface area contributed by atoms with Gasteiger partial charge in [-0.1, -0.05) is 0 Å². The van der Waals surface area contributed by atoms with Crippen molar-refractivity contribution in [3.05, 3.63) is 32.6 Å². The monoisotopic (exact) mass is 276 g/mol. The van der Waals surface area contributed by atoms with E-state index in [1.807, 2.05) is 4.98 Å². The summed E-state index contributed by atoms with van der Waals surface area (Å²) in [5.41, 5.74) is -1.81. The van der Waals surface area contributed by atoms with Crippen molar-refractivity contribution in [1.82, 2.24) is 9.55 Å². The Balaban J connectivity index is 2.55. The van der Waals surface area contributed by atoms with E-state index in [4.69, 9.17) is 9.84 Å². The van der Waals surface area contributed by atoms with Gasteiger partial charge in [0, 0.05) is 11.8 Å². The molecule has 0 aliphatic carbocycles. The van der Waals surface area contributed by atoms with E-state index in [0.29, 0.717) is 4.57 Å². The molecule has 1 aliphatic heterocycles.